The first-order valence-electron chi connectivity index (χ1n) is 8.10. The maximum Gasteiger partial charge on any atom is 0.248 e. The molecule has 2 heterocycles. The fourth-order valence-electron chi connectivity index (χ4n) is 3.29. The predicted octanol–water partition coefficient (Wildman–Crippen LogP) is 1.56. The van der Waals surface area contributed by atoms with E-state index in [9.17, 15) is 9.59 Å². The zero-order chi connectivity index (χ0) is 15.6. The number of ether oxygens (including phenoxy) is 1. The number of hydrogen-bond acceptors (Lipinski definition) is 3. The van der Waals surface area contributed by atoms with Crippen molar-refractivity contribution in [2.24, 2.45) is 11.8 Å². The monoisotopic (exact) mass is 296 g/mol. The van der Waals surface area contributed by atoms with Gasteiger partial charge in [-0.3, -0.25) is 9.59 Å². The van der Waals surface area contributed by atoms with Crippen LogP contribution < -0.4 is 5.32 Å². The summed E-state index contributed by atoms with van der Waals surface area (Å²) in [7, 11) is 0. The van der Waals surface area contributed by atoms with Gasteiger partial charge in [-0.05, 0) is 38.0 Å². The lowest BCUT2D eigenvalue weighted by atomic mass is 9.87. The van der Waals surface area contributed by atoms with E-state index < -0.39 is 5.54 Å². The zero-order valence-electron chi connectivity index (χ0n) is 13.6. The quantitative estimate of drug-likeness (QED) is 0.856. The molecule has 0 aromatic heterocycles. The Morgan fingerprint density at radius 2 is 1.95 bits per heavy atom. The molecule has 2 fully saturated rings. The summed E-state index contributed by atoms with van der Waals surface area (Å²) in [6, 6.07) is -0.347. The fourth-order valence-corrected chi connectivity index (χ4v) is 3.29. The van der Waals surface area contributed by atoms with Gasteiger partial charge in [0.2, 0.25) is 11.8 Å². The molecule has 21 heavy (non-hydrogen) atoms. The van der Waals surface area contributed by atoms with Gasteiger partial charge >= 0.3 is 0 Å². The van der Waals surface area contributed by atoms with E-state index in [-0.39, 0.29) is 23.8 Å². The summed E-state index contributed by atoms with van der Waals surface area (Å²) in [6.45, 7) is 9.98. The minimum absolute atomic E-state index is 0.0130. The SMILES string of the molecule is CCC1(C)NC(=O)C(C(C)C)N(CC2CCOCC2)C1=O. The van der Waals surface area contributed by atoms with E-state index in [1.165, 1.54) is 0 Å². The third kappa shape index (κ3) is 3.23. The van der Waals surface area contributed by atoms with E-state index in [4.69, 9.17) is 4.74 Å². The number of carbonyl (C=O) groups excluding carboxylic acids is 2. The van der Waals surface area contributed by atoms with Gasteiger partial charge in [0.1, 0.15) is 11.6 Å². The third-order valence-electron chi connectivity index (χ3n) is 4.87. The van der Waals surface area contributed by atoms with Gasteiger partial charge in [0.25, 0.3) is 0 Å². The van der Waals surface area contributed by atoms with Crippen LogP contribution in [0.4, 0.5) is 0 Å². The number of piperazine rings is 1. The molecule has 2 aliphatic heterocycles. The Morgan fingerprint density at radius 3 is 2.48 bits per heavy atom. The highest BCUT2D eigenvalue weighted by atomic mass is 16.5. The van der Waals surface area contributed by atoms with Gasteiger partial charge in [0, 0.05) is 19.8 Å². The summed E-state index contributed by atoms with van der Waals surface area (Å²) in [5.74, 6) is 0.613. The van der Waals surface area contributed by atoms with Crippen LogP contribution >= 0.6 is 0 Å². The normalized spacial score (nSPS) is 31.7. The van der Waals surface area contributed by atoms with Crippen molar-refractivity contribution < 1.29 is 14.3 Å². The smallest absolute Gasteiger partial charge is 0.248 e. The number of rotatable bonds is 4. The number of amides is 2. The molecule has 0 aromatic carbocycles. The Balaban J connectivity index is 2.21. The Kier molecular flexibility index (Phi) is 4.91. The van der Waals surface area contributed by atoms with Crippen molar-refractivity contribution in [3.8, 4) is 0 Å². The van der Waals surface area contributed by atoms with Crippen molar-refractivity contribution in [1.29, 1.82) is 0 Å². The largest absolute Gasteiger partial charge is 0.381 e. The second-order valence-corrected chi connectivity index (χ2v) is 6.88. The molecule has 5 nitrogen and oxygen atoms in total. The van der Waals surface area contributed by atoms with Crippen LogP contribution in [0.15, 0.2) is 0 Å². The molecule has 2 saturated heterocycles. The molecule has 120 valence electrons. The van der Waals surface area contributed by atoms with Crippen LogP contribution in [0.25, 0.3) is 0 Å². The summed E-state index contributed by atoms with van der Waals surface area (Å²) in [4.78, 5) is 27.2. The van der Waals surface area contributed by atoms with Crippen LogP contribution in [-0.2, 0) is 14.3 Å². The molecule has 0 aromatic rings. The molecule has 1 N–H and O–H groups in total. The highest BCUT2D eigenvalue weighted by Crippen LogP contribution is 2.28. The van der Waals surface area contributed by atoms with E-state index in [1.807, 2.05) is 32.6 Å². The van der Waals surface area contributed by atoms with Crippen LogP contribution in [0.5, 0.6) is 0 Å². The zero-order valence-corrected chi connectivity index (χ0v) is 13.6. The van der Waals surface area contributed by atoms with Gasteiger partial charge in [-0.1, -0.05) is 20.8 Å². The van der Waals surface area contributed by atoms with E-state index in [1.54, 1.807) is 0 Å². The number of carbonyl (C=O) groups is 2. The molecule has 0 spiro atoms. The lowest BCUT2D eigenvalue weighted by Crippen LogP contribution is -2.70. The topological polar surface area (TPSA) is 58.6 Å². The predicted molar refractivity (Wildman–Crippen MR) is 80.7 cm³/mol. The standard InChI is InChI=1S/C16H28N2O3/c1-5-16(4)15(20)18(10-12-6-8-21-9-7-12)13(11(2)3)14(19)17-16/h11-13H,5-10H2,1-4H3,(H,17,19). The Morgan fingerprint density at radius 1 is 1.33 bits per heavy atom. The summed E-state index contributed by atoms with van der Waals surface area (Å²) >= 11 is 0. The first kappa shape index (κ1) is 16.3. The van der Waals surface area contributed by atoms with Crippen LogP contribution in [0.1, 0.15) is 47.0 Å². The maximum absolute atomic E-state index is 12.9. The summed E-state index contributed by atoms with van der Waals surface area (Å²) < 4.78 is 5.39. The first-order valence-corrected chi connectivity index (χ1v) is 8.10. The highest BCUT2D eigenvalue weighted by molar-refractivity contribution is 5.99. The minimum atomic E-state index is -0.756. The lowest BCUT2D eigenvalue weighted by Gasteiger charge is -2.46. The third-order valence-corrected chi connectivity index (χ3v) is 4.87. The van der Waals surface area contributed by atoms with Gasteiger partial charge in [-0.25, -0.2) is 0 Å². The van der Waals surface area contributed by atoms with E-state index in [2.05, 4.69) is 5.32 Å². The molecule has 0 aliphatic carbocycles. The van der Waals surface area contributed by atoms with Crippen LogP contribution in [0, 0.1) is 11.8 Å². The van der Waals surface area contributed by atoms with Gasteiger partial charge < -0.3 is 15.0 Å². The molecule has 2 rings (SSSR count). The summed E-state index contributed by atoms with van der Waals surface area (Å²) in [5, 5.41) is 2.94. The minimum Gasteiger partial charge on any atom is -0.381 e. The van der Waals surface area contributed by atoms with Crippen molar-refractivity contribution in [1.82, 2.24) is 10.2 Å². The fraction of sp³-hybridized carbons (Fsp3) is 0.875. The molecule has 0 saturated carbocycles. The second-order valence-electron chi connectivity index (χ2n) is 6.88. The molecule has 2 atom stereocenters. The maximum atomic E-state index is 12.9. The molecule has 0 bridgehead atoms. The Bertz CT molecular complexity index is 404. The number of nitrogens with one attached hydrogen (secondary N) is 1. The molecule has 2 amide bonds. The first-order chi connectivity index (χ1) is 9.89. The molecular weight excluding hydrogens is 268 g/mol. The van der Waals surface area contributed by atoms with Crippen molar-refractivity contribution in [2.75, 3.05) is 19.8 Å². The lowest BCUT2D eigenvalue weighted by molar-refractivity contribution is -0.157. The van der Waals surface area contributed by atoms with Crippen LogP contribution in [0.2, 0.25) is 0 Å². The number of hydrogen-bond donors (Lipinski definition) is 1. The van der Waals surface area contributed by atoms with Crippen LogP contribution in [0.3, 0.4) is 0 Å². The molecule has 2 aliphatic rings. The van der Waals surface area contributed by atoms with Gasteiger partial charge in [0.05, 0.1) is 0 Å². The molecule has 5 heteroatoms. The van der Waals surface area contributed by atoms with Crippen LogP contribution in [-0.4, -0.2) is 48.1 Å². The Hall–Kier alpha value is -1.10. The van der Waals surface area contributed by atoms with Crippen molar-refractivity contribution >= 4 is 11.8 Å². The number of nitrogens with zero attached hydrogens (tertiary/aromatic N) is 1. The molecule has 2 unspecified atom stereocenters. The van der Waals surface area contributed by atoms with E-state index >= 15 is 0 Å². The molecule has 0 radical (unpaired) electrons. The summed E-state index contributed by atoms with van der Waals surface area (Å²) in [5.41, 5.74) is -0.756. The van der Waals surface area contributed by atoms with Crippen molar-refractivity contribution in [3.05, 3.63) is 0 Å². The van der Waals surface area contributed by atoms with Crippen molar-refractivity contribution in [2.45, 2.75) is 58.5 Å². The average Bonchev–Trinajstić information content (AvgIpc) is 2.45. The summed E-state index contributed by atoms with van der Waals surface area (Å²) in [6.07, 6.45) is 2.56. The van der Waals surface area contributed by atoms with Crippen molar-refractivity contribution in [3.63, 3.8) is 0 Å². The van der Waals surface area contributed by atoms with Gasteiger partial charge in [-0.15, -0.1) is 0 Å². The highest BCUT2D eigenvalue weighted by Gasteiger charge is 2.48. The Labute approximate surface area is 127 Å². The van der Waals surface area contributed by atoms with E-state index in [0.717, 1.165) is 26.1 Å². The van der Waals surface area contributed by atoms with Gasteiger partial charge in [0.15, 0.2) is 0 Å². The van der Waals surface area contributed by atoms with Gasteiger partial charge in [-0.2, -0.15) is 0 Å². The second kappa shape index (κ2) is 6.34. The van der Waals surface area contributed by atoms with E-state index in [0.29, 0.717) is 18.9 Å². The average molecular weight is 296 g/mol. The molecular formula is C16H28N2O3.